The summed E-state index contributed by atoms with van der Waals surface area (Å²) in [6.45, 7) is 7.09. The summed E-state index contributed by atoms with van der Waals surface area (Å²) in [5, 5.41) is 5.92. The molecule has 6 nitrogen and oxygen atoms in total. The zero-order chi connectivity index (χ0) is 15.9. The molecule has 1 aliphatic heterocycles. The number of carbonyl (C=O) groups is 2. The van der Waals surface area contributed by atoms with Gasteiger partial charge < -0.3 is 20.3 Å². The summed E-state index contributed by atoms with van der Waals surface area (Å²) in [5.74, 6) is -0.169. The molecule has 6 heteroatoms. The highest BCUT2D eigenvalue weighted by molar-refractivity contribution is 5.97. The molecule has 2 rings (SSSR count). The van der Waals surface area contributed by atoms with Crippen LogP contribution in [0.15, 0.2) is 24.3 Å². The Morgan fingerprint density at radius 3 is 2.50 bits per heavy atom. The van der Waals surface area contributed by atoms with Crippen molar-refractivity contribution in [2.75, 3.05) is 38.1 Å². The maximum absolute atomic E-state index is 12.2. The molecular formula is C16H23N3O3. The molecule has 1 aliphatic rings. The second-order valence-corrected chi connectivity index (χ2v) is 5.11. The predicted octanol–water partition coefficient (Wildman–Crippen LogP) is 1.10. The molecule has 1 aromatic carbocycles. The molecule has 0 saturated carbocycles. The Morgan fingerprint density at radius 2 is 1.95 bits per heavy atom. The quantitative estimate of drug-likeness (QED) is 0.854. The van der Waals surface area contributed by atoms with E-state index in [0.717, 1.165) is 6.54 Å². The van der Waals surface area contributed by atoms with Crippen molar-refractivity contribution in [1.29, 1.82) is 0 Å². The van der Waals surface area contributed by atoms with Crippen LogP contribution < -0.4 is 10.6 Å². The molecule has 0 spiro atoms. The van der Waals surface area contributed by atoms with E-state index in [2.05, 4.69) is 10.6 Å². The highest BCUT2D eigenvalue weighted by Gasteiger charge is 2.21. The van der Waals surface area contributed by atoms with Gasteiger partial charge in [-0.1, -0.05) is 0 Å². The van der Waals surface area contributed by atoms with Crippen LogP contribution in [0.4, 0.5) is 5.69 Å². The lowest BCUT2D eigenvalue weighted by Gasteiger charge is -2.22. The molecule has 1 heterocycles. The summed E-state index contributed by atoms with van der Waals surface area (Å²) in [5.41, 5.74) is 1.28. The smallest absolute Gasteiger partial charge is 0.254 e. The number of carbonyl (C=O) groups excluding carboxylic acids is 2. The summed E-state index contributed by atoms with van der Waals surface area (Å²) >= 11 is 0. The van der Waals surface area contributed by atoms with Gasteiger partial charge in [0.15, 0.2) is 0 Å². The van der Waals surface area contributed by atoms with Crippen molar-refractivity contribution >= 4 is 17.5 Å². The fourth-order valence-electron chi connectivity index (χ4n) is 2.35. The molecular weight excluding hydrogens is 282 g/mol. The fourth-order valence-corrected chi connectivity index (χ4v) is 2.35. The van der Waals surface area contributed by atoms with Gasteiger partial charge in [0.05, 0.1) is 6.61 Å². The molecule has 0 aromatic heterocycles. The number of morpholine rings is 1. The Labute approximate surface area is 130 Å². The molecule has 1 aromatic rings. The van der Waals surface area contributed by atoms with Crippen LogP contribution in [0.5, 0.6) is 0 Å². The van der Waals surface area contributed by atoms with Crippen LogP contribution >= 0.6 is 0 Å². The minimum absolute atomic E-state index is 0.00249. The van der Waals surface area contributed by atoms with Gasteiger partial charge in [-0.3, -0.25) is 9.59 Å². The maximum Gasteiger partial charge on any atom is 0.254 e. The number of nitrogens with zero attached hydrogens (tertiary/aromatic N) is 1. The zero-order valence-corrected chi connectivity index (χ0v) is 13.1. The van der Waals surface area contributed by atoms with E-state index in [9.17, 15) is 9.59 Å². The average molecular weight is 305 g/mol. The van der Waals surface area contributed by atoms with Gasteiger partial charge in [-0.25, -0.2) is 0 Å². The van der Waals surface area contributed by atoms with Gasteiger partial charge in [-0.15, -0.1) is 0 Å². The van der Waals surface area contributed by atoms with Gasteiger partial charge >= 0.3 is 0 Å². The van der Waals surface area contributed by atoms with E-state index < -0.39 is 6.10 Å². The lowest BCUT2D eigenvalue weighted by atomic mass is 10.1. The van der Waals surface area contributed by atoms with Gasteiger partial charge in [-0.05, 0) is 38.1 Å². The fraction of sp³-hybridized carbons (Fsp3) is 0.500. The van der Waals surface area contributed by atoms with Crippen molar-refractivity contribution in [3.05, 3.63) is 29.8 Å². The molecule has 1 atom stereocenters. The van der Waals surface area contributed by atoms with Crippen molar-refractivity contribution in [3.8, 4) is 0 Å². The maximum atomic E-state index is 12.2. The number of amides is 2. The summed E-state index contributed by atoms with van der Waals surface area (Å²) in [4.78, 5) is 26.0. The van der Waals surface area contributed by atoms with E-state index in [1.807, 2.05) is 13.8 Å². The SMILES string of the molecule is CCN(CC)C(=O)c1ccc(NC(=O)C2CNCCO2)cc1. The van der Waals surface area contributed by atoms with Crippen LogP contribution in [0.25, 0.3) is 0 Å². The van der Waals surface area contributed by atoms with Crippen LogP contribution in [0.1, 0.15) is 24.2 Å². The van der Waals surface area contributed by atoms with Crippen LogP contribution in [0.3, 0.4) is 0 Å². The number of hydrogen-bond donors (Lipinski definition) is 2. The number of nitrogens with one attached hydrogen (secondary N) is 2. The zero-order valence-electron chi connectivity index (χ0n) is 13.1. The first-order valence-electron chi connectivity index (χ1n) is 7.68. The summed E-state index contributed by atoms with van der Waals surface area (Å²) in [6.07, 6.45) is -0.467. The minimum Gasteiger partial charge on any atom is -0.366 e. The first kappa shape index (κ1) is 16.5. The number of rotatable bonds is 5. The van der Waals surface area contributed by atoms with Crippen molar-refractivity contribution in [3.63, 3.8) is 0 Å². The highest BCUT2D eigenvalue weighted by atomic mass is 16.5. The second-order valence-electron chi connectivity index (χ2n) is 5.11. The standard InChI is InChI=1S/C16H23N3O3/c1-3-19(4-2)16(21)12-5-7-13(8-6-12)18-15(20)14-11-17-9-10-22-14/h5-8,14,17H,3-4,9-11H2,1-2H3,(H,18,20). The van der Waals surface area contributed by atoms with Crippen LogP contribution in [-0.4, -0.2) is 55.6 Å². The van der Waals surface area contributed by atoms with E-state index in [-0.39, 0.29) is 11.8 Å². The van der Waals surface area contributed by atoms with Gasteiger partial charge in [0.1, 0.15) is 6.10 Å². The molecule has 22 heavy (non-hydrogen) atoms. The number of benzene rings is 1. The Kier molecular flexibility index (Phi) is 5.91. The minimum atomic E-state index is -0.467. The first-order valence-corrected chi connectivity index (χ1v) is 7.68. The molecule has 1 saturated heterocycles. The van der Waals surface area contributed by atoms with Gasteiger partial charge in [0.25, 0.3) is 11.8 Å². The van der Waals surface area contributed by atoms with Crippen LogP contribution in [0, 0.1) is 0 Å². The third-order valence-corrected chi connectivity index (χ3v) is 3.67. The van der Waals surface area contributed by atoms with Crippen LogP contribution in [0.2, 0.25) is 0 Å². The van der Waals surface area contributed by atoms with E-state index in [4.69, 9.17) is 4.74 Å². The molecule has 0 bridgehead atoms. The van der Waals surface area contributed by atoms with Gasteiger partial charge in [0.2, 0.25) is 0 Å². The van der Waals surface area contributed by atoms with Gasteiger partial charge in [0, 0.05) is 37.4 Å². The summed E-state index contributed by atoms with van der Waals surface area (Å²) in [6, 6.07) is 6.95. The third kappa shape index (κ3) is 4.05. The molecule has 120 valence electrons. The third-order valence-electron chi connectivity index (χ3n) is 3.67. The van der Waals surface area contributed by atoms with Crippen molar-refractivity contribution in [1.82, 2.24) is 10.2 Å². The average Bonchev–Trinajstić information content (AvgIpc) is 2.57. The van der Waals surface area contributed by atoms with Crippen molar-refractivity contribution in [2.45, 2.75) is 20.0 Å². The molecule has 2 amide bonds. The van der Waals surface area contributed by atoms with Crippen molar-refractivity contribution in [2.24, 2.45) is 0 Å². The topological polar surface area (TPSA) is 70.7 Å². The number of anilines is 1. The lowest BCUT2D eigenvalue weighted by molar-refractivity contribution is -0.128. The molecule has 1 unspecified atom stereocenters. The molecule has 0 aliphatic carbocycles. The number of hydrogen-bond acceptors (Lipinski definition) is 4. The lowest BCUT2D eigenvalue weighted by Crippen LogP contribution is -2.45. The Hall–Kier alpha value is -1.92. The summed E-state index contributed by atoms with van der Waals surface area (Å²) in [7, 11) is 0. The van der Waals surface area contributed by atoms with E-state index in [1.165, 1.54) is 0 Å². The van der Waals surface area contributed by atoms with Gasteiger partial charge in [-0.2, -0.15) is 0 Å². The Bertz CT molecular complexity index is 506. The molecule has 2 N–H and O–H groups in total. The van der Waals surface area contributed by atoms with E-state index in [1.54, 1.807) is 29.2 Å². The van der Waals surface area contributed by atoms with Crippen LogP contribution in [-0.2, 0) is 9.53 Å². The largest absolute Gasteiger partial charge is 0.366 e. The van der Waals surface area contributed by atoms with E-state index >= 15 is 0 Å². The predicted molar refractivity (Wildman–Crippen MR) is 84.9 cm³/mol. The van der Waals surface area contributed by atoms with Crippen molar-refractivity contribution < 1.29 is 14.3 Å². The monoisotopic (exact) mass is 305 g/mol. The Morgan fingerprint density at radius 1 is 1.27 bits per heavy atom. The van der Waals surface area contributed by atoms with E-state index in [0.29, 0.717) is 37.5 Å². The number of ether oxygens (including phenoxy) is 1. The first-order chi connectivity index (χ1) is 10.7. The highest BCUT2D eigenvalue weighted by Crippen LogP contribution is 2.12. The normalized spacial score (nSPS) is 17.8. The Balaban J connectivity index is 1.96. The second kappa shape index (κ2) is 7.91. The molecule has 1 fully saturated rings. The molecule has 0 radical (unpaired) electrons. The summed E-state index contributed by atoms with van der Waals surface area (Å²) < 4.78 is 5.40.